The number of halogens is 1. The molecule has 0 fully saturated rings. The summed E-state index contributed by atoms with van der Waals surface area (Å²) in [6, 6.07) is 5.20. The summed E-state index contributed by atoms with van der Waals surface area (Å²) >= 11 is 6.02. The van der Waals surface area contributed by atoms with E-state index in [2.05, 4.69) is 5.32 Å². The Morgan fingerprint density at radius 3 is 2.79 bits per heavy atom. The average molecular weight is 303 g/mol. The quantitative estimate of drug-likeness (QED) is 0.847. The Morgan fingerprint density at radius 1 is 1.53 bits per heavy atom. The molecule has 0 aliphatic rings. The Balaban J connectivity index is 2.68. The van der Waals surface area contributed by atoms with Crippen LogP contribution in [0.2, 0.25) is 5.02 Å². The van der Waals surface area contributed by atoms with Gasteiger partial charge in [0.2, 0.25) is 5.91 Å². The second-order valence-electron chi connectivity index (χ2n) is 4.59. The zero-order valence-corrected chi connectivity index (χ0v) is 12.7. The standard InChI is InChI=1S/C13H19ClN2O2S/c1-9(15)3-6-13(17)16-11-4-5-12(14)10(7-11)8-19(2)18/h4-5,7,9H,3,6,8,15H2,1-2H3,(H,16,17). The average Bonchev–Trinajstić information content (AvgIpc) is 2.30. The molecule has 0 radical (unpaired) electrons. The van der Waals surface area contributed by atoms with Crippen molar-refractivity contribution in [3.8, 4) is 0 Å². The Bertz CT molecular complexity index is 478. The Kier molecular flexibility index (Phi) is 6.48. The van der Waals surface area contributed by atoms with E-state index >= 15 is 0 Å². The number of nitrogens with one attached hydrogen (secondary N) is 1. The number of carbonyl (C=O) groups is 1. The van der Waals surface area contributed by atoms with Gasteiger partial charge < -0.3 is 11.1 Å². The SMILES string of the molecule is CC(N)CCC(=O)Nc1ccc(Cl)c(CS(C)=O)c1. The van der Waals surface area contributed by atoms with Crippen molar-refractivity contribution in [3.63, 3.8) is 0 Å². The molecule has 0 saturated heterocycles. The summed E-state index contributed by atoms with van der Waals surface area (Å²) in [6.07, 6.45) is 2.64. The van der Waals surface area contributed by atoms with Crippen molar-refractivity contribution in [2.24, 2.45) is 5.73 Å². The van der Waals surface area contributed by atoms with Gasteiger partial charge in [-0.25, -0.2) is 0 Å². The van der Waals surface area contributed by atoms with E-state index in [9.17, 15) is 9.00 Å². The molecule has 0 bridgehead atoms. The molecule has 4 nitrogen and oxygen atoms in total. The van der Waals surface area contributed by atoms with Crippen molar-refractivity contribution >= 4 is 34.0 Å². The monoisotopic (exact) mass is 302 g/mol. The molecule has 0 aromatic heterocycles. The highest BCUT2D eigenvalue weighted by molar-refractivity contribution is 7.83. The van der Waals surface area contributed by atoms with Gasteiger partial charge in [0.1, 0.15) is 0 Å². The number of rotatable bonds is 6. The number of anilines is 1. The summed E-state index contributed by atoms with van der Waals surface area (Å²) in [7, 11) is -0.971. The summed E-state index contributed by atoms with van der Waals surface area (Å²) in [6.45, 7) is 1.87. The van der Waals surface area contributed by atoms with Crippen LogP contribution in [-0.2, 0) is 21.3 Å². The van der Waals surface area contributed by atoms with Crippen LogP contribution < -0.4 is 11.1 Å². The number of nitrogens with two attached hydrogens (primary N) is 1. The number of hydrogen-bond acceptors (Lipinski definition) is 3. The van der Waals surface area contributed by atoms with Crippen LogP contribution >= 0.6 is 11.6 Å². The van der Waals surface area contributed by atoms with Crippen molar-refractivity contribution in [1.29, 1.82) is 0 Å². The molecule has 0 heterocycles. The lowest BCUT2D eigenvalue weighted by Gasteiger charge is -2.09. The van der Waals surface area contributed by atoms with Crippen LogP contribution in [0.25, 0.3) is 0 Å². The van der Waals surface area contributed by atoms with Crippen molar-refractivity contribution in [3.05, 3.63) is 28.8 Å². The lowest BCUT2D eigenvalue weighted by atomic mass is 10.2. The fraction of sp³-hybridized carbons (Fsp3) is 0.462. The lowest BCUT2D eigenvalue weighted by Crippen LogP contribution is -2.19. The van der Waals surface area contributed by atoms with Crippen molar-refractivity contribution in [2.75, 3.05) is 11.6 Å². The molecule has 0 saturated carbocycles. The second-order valence-corrected chi connectivity index (χ2v) is 6.43. The van der Waals surface area contributed by atoms with Gasteiger partial charge in [0, 0.05) is 46.0 Å². The normalized spacial score (nSPS) is 13.9. The zero-order valence-electron chi connectivity index (χ0n) is 11.1. The molecule has 2 unspecified atom stereocenters. The van der Waals surface area contributed by atoms with Crippen LogP contribution in [0, 0.1) is 0 Å². The number of hydrogen-bond donors (Lipinski definition) is 2. The molecule has 6 heteroatoms. The Hall–Kier alpha value is -0.910. The van der Waals surface area contributed by atoms with Crippen LogP contribution in [0.5, 0.6) is 0 Å². The van der Waals surface area contributed by atoms with Crippen LogP contribution in [-0.4, -0.2) is 22.4 Å². The minimum Gasteiger partial charge on any atom is -0.328 e. The number of benzene rings is 1. The van der Waals surface area contributed by atoms with Crippen molar-refractivity contribution < 1.29 is 9.00 Å². The summed E-state index contributed by atoms with van der Waals surface area (Å²) in [5, 5.41) is 3.35. The molecular weight excluding hydrogens is 284 g/mol. The first-order valence-corrected chi connectivity index (χ1v) is 8.13. The third-order valence-corrected chi connectivity index (χ3v) is 3.60. The maximum absolute atomic E-state index is 11.7. The first-order valence-electron chi connectivity index (χ1n) is 6.02. The van der Waals surface area contributed by atoms with E-state index in [-0.39, 0.29) is 11.9 Å². The van der Waals surface area contributed by atoms with E-state index in [1.165, 1.54) is 0 Å². The maximum Gasteiger partial charge on any atom is 0.224 e. The minimum atomic E-state index is -0.971. The molecule has 0 spiro atoms. The predicted molar refractivity (Wildman–Crippen MR) is 80.7 cm³/mol. The predicted octanol–water partition coefficient (Wildman–Crippen LogP) is 2.28. The van der Waals surface area contributed by atoms with Crippen LogP contribution in [0.1, 0.15) is 25.3 Å². The smallest absolute Gasteiger partial charge is 0.224 e. The topological polar surface area (TPSA) is 72.2 Å². The van der Waals surface area contributed by atoms with Gasteiger partial charge in [0.15, 0.2) is 0 Å². The first-order chi connectivity index (χ1) is 8.88. The van der Waals surface area contributed by atoms with Crippen molar-refractivity contribution in [2.45, 2.75) is 31.6 Å². The van der Waals surface area contributed by atoms with E-state index < -0.39 is 10.8 Å². The van der Waals surface area contributed by atoms with Gasteiger partial charge in [0.25, 0.3) is 0 Å². The Labute approximate surface area is 121 Å². The Morgan fingerprint density at radius 2 is 2.21 bits per heavy atom. The van der Waals surface area contributed by atoms with Crippen molar-refractivity contribution in [1.82, 2.24) is 0 Å². The van der Waals surface area contributed by atoms with Gasteiger partial charge in [-0.2, -0.15) is 0 Å². The van der Waals surface area contributed by atoms with E-state index in [0.29, 0.717) is 29.3 Å². The molecule has 19 heavy (non-hydrogen) atoms. The summed E-state index contributed by atoms with van der Waals surface area (Å²) in [5.74, 6) is 0.297. The molecule has 0 aliphatic heterocycles. The van der Waals surface area contributed by atoms with E-state index in [1.807, 2.05) is 6.92 Å². The summed E-state index contributed by atoms with van der Waals surface area (Å²) < 4.78 is 11.2. The fourth-order valence-electron chi connectivity index (χ4n) is 1.56. The summed E-state index contributed by atoms with van der Waals surface area (Å²) in [4.78, 5) is 11.7. The molecule has 0 aliphatic carbocycles. The molecular formula is C13H19ClN2O2S. The van der Waals surface area contributed by atoms with Gasteiger partial charge in [-0.05, 0) is 37.1 Å². The molecule has 106 valence electrons. The molecule has 1 amide bonds. The van der Waals surface area contributed by atoms with Gasteiger partial charge in [0.05, 0.1) is 0 Å². The third-order valence-electron chi connectivity index (χ3n) is 2.51. The van der Waals surface area contributed by atoms with Gasteiger partial charge in [-0.15, -0.1) is 0 Å². The van der Waals surface area contributed by atoms with E-state index in [1.54, 1.807) is 24.5 Å². The zero-order chi connectivity index (χ0) is 14.4. The molecule has 1 aromatic carbocycles. The van der Waals surface area contributed by atoms with Gasteiger partial charge in [-0.3, -0.25) is 9.00 Å². The largest absolute Gasteiger partial charge is 0.328 e. The third kappa shape index (κ3) is 6.18. The van der Waals surface area contributed by atoms with Gasteiger partial charge >= 0.3 is 0 Å². The fourth-order valence-corrected chi connectivity index (χ4v) is 2.50. The molecule has 3 N–H and O–H groups in total. The lowest BCUT2D eigenvalue weighted by molar-refractivity contribution is -0.116. The molecule has 1 rings (SSSR count). The molecule has 2 atom stereocenters. The van der Waals surface area contributed by atoms with E-state index in [4.69, 9.17) is 17.3 Å². The maximum atomic E-state index is 11.7. The number of carbonyl (C=O) groups excluding carboxylic acids is 1. The van der Waals surface area contributed by atoms with Crippen LogP contribution in [0.4, 0.5) is 5.69 Å². The first kappa shape index (κ1) is 16.1. The van der Waals surface area contributed by atoms with Crippen LogP contribution in [0.3, 0.4) is 0 Å². The minimum absolute atomic E-state index is 0.00837. The van der Waals surface area contributed by atoms with Crippen LogP contribution in [0.15, 0.2) is 18.2 Å². The highest BCUT2D eigenvalue weighted by Crippen LogP contribution is 2.22. The summed E-state index contributed by atoms with van der Waals surface area (Å²) in [5.41, 5.74) is 7.04. The second kappa shape index (κ2) is 7.62. The highest BCUT2D eigenvalue weighted by atomic mass is 35.5. The molecule has 1 aromatic rings. The highest BCUT2D eigenvalue weighted by Gasteiger charge is 2.07. The van der Waals surface area contributed by atoms with E-state index in [0.717, 1.165) is 5.56 Å². The number of amides is 1. The van der Waals surface area contributed by atoms with Gasteiger partial charge in [-0.1, -0.05) is 11.6 Å².